The second-order valence-corrected chi connectivity index (χ2v) is 7.15. The monoisotopic (exact) mass is 396 g/mol. The number of methoxy groups -OCH3 is 1. The molecule has 6 heteroatoms. The molecule has 2 aromatic rings. The number of anilines is 1. The van der Waals surface area contributed by atoms with Crippen LogP contribution in [0.2, 0.25) is 0 Å². The Labute approximate surface area is 171 Å². The molecule has 0 aromatic heterocycles. The normalized spacial score (nSPS) is 16.2. The van der Waals surface area contributed by atoms with Crippen molar-refractivity contribution in [2.24, 2.45) is 0 Å². The summed E-state index contributed by atoms with van der Waals surface area (Å²) in [5.41, 5.74) is 1.30. The second-order valence-electron chi connectivity index (χ2n) is 7.15. The van der Waals surface area contributed by atoms with Crippen LogP contribution in [0.4, 0.5) is 5.69 Å². The molecule has 1 saturated heterocycles. The van der Waals surface area contributed by atoms with Gasteiger partial charge in [-0.2, -0.15) is 0 Å². The van der Waals surface area contributed by atoms with Crippen LogP contribution in [0.1, 0.15) is 43.0 Å². The Bertz CT molecular complexity index is 835. The van der Waals surface area contributed by atoms with E-state index in [1.807, 2.05) is 11.0 Å². The molecular weight excluding hydrogens is 368 g/mol. The number of nitrogens with zero attached hydrogens (tertiary/aromatic N) is 1. The van der Waals surface area contributed by atoms with Crippen LogP contribution in [0.15, 0.2) is 48.5 Å². The van der Waals surface area contributed by atoms with E-state index >= 15 is 0 Å². The maximum atomic E-state index is 12.8. The number of hydrogen-bond acceptors (Lipinski definition) is 4. The number of amides is 2. The molecular formula is C23H28N2O4. The molecule has 1 aliphatic rings. The highest BCUT2D eigenvalue weighted by Gasteiger charge is 2.26. The molecule has 29 heavy (non-hydrogen) atoms. The van der Waals surface area contributed by atoms with Gasteiger partial charge in [-0.25, -0.2) is 0 Å². The van der Waals surface area contributed by atoms with Crippen molar-refractivity contribution in [2.45, 2.75) is 38.6 Å². The molecule has 3 rings (SSSR count). The van der Waals surface area contributed by atoms with Crippen molar-refractivity contribution in [1.29, 1.82) is 0 Å². The number of rotatable bonds is 7. The Balaban J connectivity index is 1.53. The van der Waals surface area contributed by atoms with E-state index in [1.54, 1.807) is 49.6 Å². The van der Waals surface area contributed by atoms with Gasteiger partial charge >= 0.3 is 0 Å². The smallest absolute Gasteiger partial charge is 0.262 e. The van der Waals surface area contributed by atoms with Gasteiger partial charge in [-0.15, -0.1) is 0 Å². The minimum Gasteiger partial charge on any atom is -0.497 e. The molecule has 6 nitrogen and oxygen atoms in total. The summed E-state index contributed by atoms with van der Waals surface area (Å²) in [6, 6.07) is 14.4. The lowest BCUT2D eigenvalue weighted by Gasteiger charge is -2.35. The summed E-state index contributed by atoms with van der Waals surface area (Å²) >= 11 is 0. The molecule has 0 bridgehead atoms. The fourth-order valence-corrected chi connectivity index (χ4v) is 3.60. The lowest BCUT2D eigenvalue weighted by molar-refractivity contribution is -0.118. The van der Waals surface area contributed by atoms with E-state index in [0.717, 1.165) is 25.8 Å². The molecule has 0 saturated carbocycles. The third-order valence-electron chi connectivity index (χ3n) is 5.18. The summed E-state index contributed by atoms with van der Waals surface area (Å²) in [4.78, 5) is 26.9. The molecule has 2 aromatic carbocycles. The Kier molecular flexibility index (Phi) is 7.11. The van der Waals surface area contributed by atoms with Gasteiger partial charge in [0.1, 0.15) is 11.5 Å². The largest absolute Gasteiger partial charge is 0.497 e. The maximum absolute atomic E-state index is 12.8. The summed E-state index contributed by atoms with van der Waals surface area (Å²) in [6.45, 7) is 2.83. The predicted octanol–water partition coefficient (Wildman–Crippen LogP) is 4.12. The van der Waals surface area contributed by atoms with Crippen molar-refractivity contribution >= 4 is 17.5 Å². The van der Waals surface area contributed by atoms with Gasteiger partial charge < -0.3 is 19.7 Å². The highest BCUT2D eigenvalue weighted by molar-refractivity contribution is 5.94. The highest BCUT2D eigenvalue weighted by atomic mass is 16.5. The van der Waals surface area contributed by atoms with Crippen molar-refractivity contribution in [1.82, 2.24) is 4.90 Å². The van der Waals surface area contributed by atoms with Gasteiger partial charge in [0.25, 0.3) is 11.8 Å². The van der Waals surface area contributed by atoms with Crippen LogP contribution in [0, 0.1) is 0 Å². The molecule has 0 spiro atoms. The minimum absolute atomic E-state index is 0.0684. The van der Waals surface area contributed by atoms with E-state index in [2.05, 4.69) is 12.2 Å². The van der Waals surface area contributed by atoms with Crippen LogP contribution >= 0.6 is 0 Å². The molecule has 1 aliphatic heterocycles. The quantitative estimate of drug-likeness (QED) is 0.765. The first-order valence-electron chi connectivity index (χ1n) is 10.1. The van der Waals surface area contributed by atoms with E-state index in [9.17, 15) is 9.59 Å². The van der Waals surface area contributed by atoms with Crippen LogP contribution in [-0.2, 0) is 4.79 Å². The first-order valence-corrected chi connectivity index (χ1v) is 10.1. The van der Waals surface area contributed by atoms with Crippen LogP contribution in [0.25, 0.3) is 0 Å². The number of carbonyl (C=O) groups is 2. The van der Waals surface area contributed by atoms with E-state index in [-0.39, 0.29) is 18.4 Å². The Morgan fingerprint density at radius 1 is 1.10 bits per heavy atom. The summed E-state index contributed by atoms with van der Waals surface area (Å²) in [5.74, 6) is 1.02. The van der Waals surface area contributed by atoms with Gasteiger partial charge in [-0.05, 0) is 62.1 Å². The highest BCUT2D eigenvalue weighted by Crippen LogP contribution is 2.23. The number of hydrogen-bond donors (Lipinski definition) is 1. The van der Waals surface area contributed by atoms with Crippen molar-refractivity contribution in [3.05, 3.63) is 54.1 Å². The minimum atomic E-state index is -0.266. The molecule has 0 aliphatic carbocycles. The van der Waals surface area contributed by atoms with Gasteiger partial charge in [0.2, 0.25) is 0 Å². The lowest BCUT2D eigenvalue weighted by atomic mass is 9.99. The molecule has 1 heterocycles. The molecule has 1 atom stereocenters. The van der Waals surface area contributed by atoms with E-state index in [4.69, 9.17) is 9.47 Å². The number of carbonyl (C=O) groups excluding carboxylic acids is 2. The van der Waals surface area contributed by atoms with E-state index in [1.165, 1.54) is 6.42 Å². The Hall–Kier alpha value is -3.02. The van der Waals surface area contributed by atoms with E-state index in [0.29, 0.717) is 28.8 Å². The molecule has 1 fully saturated rings. The third-order valence-corrected chi connectivity index (χ3v) is 5.18. The Morgan fingerprint density at radius 3 is 2.62 bits per heavy atom. The van der Waals surface area contributed by atoms with E-state index < -0.39 is 0 Å². The van der Waals surface area contributed by atoms with Crippen LogP contribution in [-0.4, -0.2) is 43.0 Å². The van der Waals surface area contributed by atoms with Crippen LogP contribution < -0.4 is 14.8 Å². The van der Waals surface area contributed by atoms with Gasteiger partial charge in [0.05, 0.1) is 7.11 Å². The average Bonchev–Trinajstić information content (AvgIpc) is 2.77. The first kappa shape index (κ1) is 20.7. The maximum Gasteiger partial charge on any atom is 0.262 e. The van der Waals surface area contributed by atoms with Gasteiger partial charge in [-0.1, -0.05) is 13.0 Å². The number of ether oxygens (including phenoxy) is 2. The Morgan fingerprint density at radius 2 is 1.90 bits per heavy atom. The zero-order valence-electron chi connectivity index (χ0n) is 17.0. The summed E-state index contributed by atoms with van der Waals surface area (Å²) in [6.07, 6.45) is 4.31. The number of nitrogens with one attached hydrogen (secondary N) is 1. The number of piperidine rings is 1. The van der Waals surface area contributed by atoms with Crippen molar-refractivity contribution in [3.63, 3.8) is 0 Å². The number of benzene rings is 2. The lowest BCUT2D eigenvalue weighted by Crippen LogP contribution is -2.43. The standard InChI is InChI=1S/C23H28N2O4/c1-3-19-8-4-5-14-25(19)23(27)17-10-12-20(13-11-17)29-16-22(26)24-18-7-6-9-21(15-18)28-2/h6-7,9-13,15,19H,3-5,8,14,16H2,1-2H3,(H,24,26). The summed E-state index contributed by atoms with van der Waals surface area (Å²) < 4.78 is 10.7. The zero-order chi connectivity index (χ0) is 20.6. The van der Waals surface area contributed by atoms with Crippen molar-refractivity contribution in [2.75, 3.05) is 25.6 Å². The summed E-state index contributed by atoms with van der Waals surface area (Å²) in [7, 11) is 1.58. The van der Waals surface area contributed by atoms with Gasteiger partial charge in [-0.3, -0.25) is 9.59 Å². The zero-order valence-corrected chi connectivity index (χ0v) is 17.0. The molecule has 0 radical (unpaired) electrons. The predicted molar refractivity (Wildman–Crippen MR) is 113 cm³/mol. The number of likely N-dealkylation sites (tertiary alicyclic amines) is 1. The first-order chi connectivity index (χ1) is 14.1. The summed E-state index contributed by atoms with van der Waals surface area (Å²) in [5, 5.41) is 2.77. The topological polar surface area (TPSA) is 67.9 Å². The van der Waals surface area contributed by atoms with Crippen molar-refractivity contribution in [3.8, 4) is 11.5 Å². The second kappa shape index (κ2) is 9.96. The SMILES string of the molecule is CCC1CCCCN1C(=O)c1ccc(OCC(=O)Nc2cccc(OC)c2)cc1. The van der Waals surface area contributed by atoms with Crippen molar-refractivity contribution < 1.29 is 19.1 Å². The van der Waals surface area contributed by atoms with Crippen LogP contribution in [0.3, 0.4) is 0 Å². The fraction of sp³-hybridized carbons (Fsp3) is 0.391. The third kappa shape index (κ3) is 5.50. The van der Waals surface area contributed by atoms with Gasteiger partial charge in [0, 0.05) is 29.9 Å². The molecule has 2 amide bonds. The fourth-order valence-electron chi connectivity index (χ4n) is 3.60. The van der Waals surface area contributed by atoms with Gasteiger partial charge in [0.15, 0.2) is 6.61 Å². The molecule has 1 N–H and O–H groups in total. The van der Waals surface area contributed by atoms with Crippen LogP contribution in [0.5, 0.6) is 11.5 Å². The average molecular weight is 396 g/mol. The molecule has 154 valence electrons. The molecule has 1 unspecified atom stereocenters.